The molecular formula is C16H13Cl2F3N2O. The maximum Gasteiger partial charge on any atom is 0.416 e. The fourth-order valence-corrected chi connectivity index (χ4v) is 2.28. The van der Waals surface area contributed by atoms with Gasteiger partial charge in [0.1, 0.15) is 0 Å². The van der Waals surface area contributed by atoms with Crippen molar-refractivity contribution in [1.29, 1.82) is 0 Å². The summed E-state index contributed by atoms with van der Waals surface area (Å²) < 4.78 is 37.4. The average Bonchev–Trinajstić information content (AvgIpc) is 2.51. The fourth-order valence-electron chi connectivity index (χ4n) is 1.92. The topological polar surface area (TPSA) is 41.1 Å². The van der Waals surface area contributed by atoms with E-state index in [0.717, 1.165) is 12.1 Å². The third-order valence-corrected chi connectivity index (χ3v) is 3.93. The van der Waals surface area contributed by atoms with E-state index in [1.54, 1.807) is 18.2 Å². The number of alkyl halides is 3. The lowest BCUT2D eigenvalue weighted by Gasteiger charge is -2.10. The Bertz CT molecular complexity index is 718. The number of hydrogen-bond donors (Lipinski definition) is 2. The van der Waals surface area contributed by atoms with E-state index >= 15 is 0 Å². The van der Waals surface area contributed by atoms with Crippen LogP contribution in [-0.2, 0) is 11.0 Å². The maximum atomic E-state index is 12.5. The van der Waals surface area contributed by atoms with Crippen molar-refractivity contribution in [3.05, 3.63) is 58.1 Å². The van der Waals surface area contributed by atoms with Crippen LogP contribution in [0.2, 0.25) is 10.0 Å². The van der Waals surface area contributed by atoms with Gasteiger partial charge in [0.15, 0.2) is 0 Å². The van der Waals surface area contributed by atoms with E-state index in [-0.39, 0.29) is 12.3 Å². The molecule has 0 spiro atoms. The van der Waals surface area contributed by atoms with E-state index in [4.69, 9.17) is 23.2 Å². The van der Waals surface area contributed by atoms with Crippen LogP contribution >= 0.6 is 23.2 Å². The van der Waals surface area contributed by atoms with Crippen LogP contribution in [0.25, 0.3) is 0 Å². The SMILES string of the molecule is O=C(CCNc1cccc(Cl)c1Cl)Nc1ccc(C(F)(F)F)cc1. The molecule has 0 saturated carbocycles. The predicted octanol–water partition coefficient (Wildman–Crippen LogP) is 5.45. The van der Waals surface area contributed by atoms with Crippen LogP contribution in [0.4, 0.5) is 24.5 Å². The van der Waals surface area contributed by atoms with E-state index in [0.29, 0.717) is 28.0 Å². The Morgan fingerprint density at radius 3 is 2.33 bits per heavy atom. The first kappa shape index (κ1) is 18.4. The zero-order valence-electron chi connectivity index (χ0n) is 12.3. The van der Waals surface area contributed by atoms with Crippen molar-refractivity contribution in [2.45, 2.75) is 12.6 Å². The van der Waals surface area contributed by atoms with Crippen molar-refractivity contribution < 1.29 is 18.0 Å². The smallest absolute Gasteiger partial charge is 0.383 e. The summed E-state index contributed by atoms with van der Waals surface area (Å²) in [6.07, 6.45) is -4.29. The minimum atomic E-state index is -4.40. The second-order valence-corrected chi connectivity index (χ2v) is 5.69. The van der Waals surface area contributed by atoms with Crippen LogP contribution in [0.5, 0.6) is 0 Å². The third kappa shape index (κ3) is 5.04. The molecule has 0 atom stereocenters. The molecule has 0 saturated heterocycles. The van der Waals surface area contributed by atoms with Crippen LogP contribution in [0.3, 0.4) is 0 Å². The summed E-state index contributed by atoms with van der Waals surface area (Å²) in [4.78, 5) is 11.8. The van der Waals surface area contributed by atoms with Gasteiger partial charge < -0.3 is 10.6 Å². The van der Waals surface area contributed by atoms with Gasteiger partial charge in [-0.15, -0.1) is 0 Å². The van der Waals surface area contributed by atoms with Gasteiger partial charge in [-0.3, -0.25) is 4.79 Å². The number of carbonyl (C=O) groups excluding carboxylic acids is 1. The monoisotopic (exact) mass is 376 g/mol. The van der Waals surface area contributed by atoms with Crippen LogP contribution in [-0.4, -0.2) is 12.5 Å². The average molecular weight is 377 g/mol. The second-order valence-electron chi connectivity index (χ2n) is 4.90. The van der Waals surface area contributed by atoms with E-state index in [2.05, 4.69) is 10.6 Å². The molecule has 1 amide bonds. The number of rotatable bonds is 5. The van der Waals surface area contributed by atoms with Crippen molar-refractivity contribution in [3.8, 4) is 0 Å². The molecule has 8 heteroatoms. The van der Waals surface area contributed by atoms with Gasteiger partial charge >= 0.3 is 6.18 Å². The molecule has 128 valence electrons. The van der Waals surface area contributed by atoms with Crippen molar-refractivity contribution in [1.82, 2.24) is 0 Å². The molecule has 0 radical (unpaired) electrons. The summed E-state index contributed by atoms with van der Waals surface area (Å²) in [7, 11) is 0. The van der Waals surface area contributed by atoms with Crippen LogP contribution in [0, 0.1) is 0 Å². The van der Waals surface area contributed by atoms with Crippen molar-refractivity contribution in [2.75, 3.05) is 17.2 Å². The van der Waals surface area contributed by atoms with E-state index < -0.39 is 11.7 Å². The van der Waals surface area contributed by atoms with Gasteiger partial charge in [-0.05, 0) is 36.4 Å². The number of benzene rings is 2. The Hall–Kier alpha value is -1.92. The summed E-state index contributed by atoms with van der Waals surface area (Å²) >= 11 is 11.9. The number of anilines is 2. The fraction of sp³-hybridized carbons (Fsp3) is 0.188. The Balaban J connectivity index is 1.84. The first-order valence-corrected chi connectivity index (χ1v) is 7.68. The second kappa shape index (κ2) is 7.77. The number of carbonyl (C=O) groups is 1. The molecule has 0 aromatic heterocycles. The largest absolute Gasteiger partial charge is 0.416 e. The Kier molecular flexibility index (Phi) is 5.96. The molecular weight excluding hydrogens is 364 g/mol. The molecule has 3 nitrogen and oxygen atoms in total. The molecule has 24 heavy (non-hydrogen) atoms. The zero-order valence-corrected chi connectivity index (χ0v) is 13.8. The molecule has 0 aliphatic heterocycles. The van der Waals surface area contributed by atoms with Gasteiger partial charge in [0.25, 0.3) is 0 Å². The van der Waals surface area contributed by atoms with Crippen LogP contribution in [0.15, 0.2) is 42.5 Å². The van der Waals surface area contributed by atoms with Gasteiger partial charge in [-0.1, -0.05) is 29.3 Å². The quantitative estimate of drug-likeness (QED) is 0.727. The maximum absolute atomic E-state index is 12.5. The minimum Gasteiger partial charge on any atom is -0.383 e. The summed E-state index contributed by atoms with van der Waals surface area (Å²) in [5.74, 6) is -0.333. The molecule has 0 unspecified atom stereocenters. The van der Waals surface area contributed by atoms with Crippen molar-refractivity contribution in [3.63, 3.8) is 0 Å². The lowest BCUT2D eigenvalue weighted by molar-refractivity contribution is -0.137. The third-order valence-electron chi connectivity index (χ3n) is 3.12. The van der Waals surface area contributed by atoms with Crippen LogP contribution in [0.1, 0.15) is 12.0 Å². The van der Waals surface area contributed by atoms with Gasteiger partial charge in [-0.25, -0.2) is 0 Å². The first-order valence-electron chi connectivity index (χ1n) is 6.92. The van der Waals surface area contributed by atoms with Crippen molar-refractivity contribution in [2.24, 2.45) is 0 Å². The molecule has 2 rings (SSSR count). The normalized spacial score (nSPS) is 11.2. The van der Waals surface area contributed by atoms with E-state index in [1.807, 2.05) is 0 Å². The highest BCUT2D eigenvalue weighted by molar-refractivity contribution is 6.43. The highest BCUT2D eigenvalue weighted by Gasteiger charge is 2.29. The lowest BCUT2D eigenvalue weighted by atomic mass is 10.2. The summed E-state index contributed by atoms with van der Waals surface area (Å²) in [5.41, 5.74) is 0.137. The summed E-state index contributed by atoms with van der Waals surface area (Å²) in [6, 6.07) is 9.34. The molecule has 0 bridgehead atoms. The molecule has 0 fully saturated rings. The van der Waals surface area contributed by atoms with Gasteiger partial charge in [0.05, 0.1) is 21.3 Å². The molecule has 0 aliphatic carbocycles. The van der Waals surface area contributed by atoms with E-state index in [1.165, 1.54) is 12.1 Å². The summed E-state index contributed by atoms with van der Waals surface area (Å²) in [6.45, 7) is 0.298. The van der Waals surface area contributed by atoms with Crippen LogP contribution < -0.4 is 10.6 Å². The minimum absolute atomic E-state index is 0.115. The standard InChI is InChI=1S/C16H13Cl2F3N2O/c17-12-2-1-3-13(15(12)18)22-9-8-14(24)23-11-6-4-10(5-7-11)16(19,20)21/h1-7,22H,8-9H2,(H,23,24). The van der Waals surface area contributed by atoms with Gasteiger partial charge in [-0.2, -0.15) is 13.2 Å². The lowest BCUT2D eigenvalue weighted by Crippen LogP contribution is -2.16. The zero-order chi connectivity index (χ0) is 17.7. The highest BCUT2D eigenvalue weighted by atomic mass is 35.5. The molecule has 2 aromatic rings. The first-order chi connectivity index (χ1) is 11.3. The Morgan fingerprint density at radius 2 is 1.71 bits per heavy atom. The molecule has 2 aromatic carbocycles. The van der Waals surface area contributed by atoms with Crippen molar-refractivity contribution >= 4 is 40.5 Å². The number of hydrogen-bond acceptors (Lipinski definition) is 2. The number of nitrogens with one attached hydrogen (secondary N) is 2. The predicted molar refractivity (Wildman–Crippen MR) is 89.6 cm³/mol. The Morgan fingerprint density at radius 1 is 1.04 bits per heavy atom. The number of amides is 1. The highest BCUT2D eigenvalue weighted by Crippen LogP contribution is 2.30. The van der Waals surface area contributed by atoms with Gasteiger partial charge in [0, 0.05) is 18.7 Å². The Labute approximate surface area is 146 Å². The van der Waals surface area contributed by atoms with Gasteiger partial charge in [0.2, 0.25) is 5.91 Å². The molecule has 0 aliphatic rings. The molecule has 2 N–H and O–H groups in total. The molecule has 0 heterocycles. The van der Waals surface area contributed by atoms with E-state index in [9.17, 15) is 18.0 Å². The number of halogens is 5. The summed E-state index contributed by atoms with van der Waals surface area (Å²) in [5, 5.41) is 6.26.